The number of hydrogen-bond donors (Lipinski definition) is 1. The number of anilines is 1. The van der Waals surface area contributed by atoms with Crippen molar-refractivity contribution in [2.45, 2.75) is 6.92 Å². The summed E-state index contributed by atoms with van der Waals surface area (Å²) in [6.07, 6.45) is 0. The number of halogens is 2. The van der Waals surface area contributed by atoms with E-state index in [4.69, 9.17) is 17.3 Å². The molecule has 0 saturated carbocycles. The van der Waals surface area contributed by atoms with Crippen LogP contribution >= 0.6 is 11.6 Å². The van der Waals surface area contributed by atoms with Crippen LogP contribution in [0, 0.1) is 12.7 Å². The molecule has 2 N–H and O–H groups in total. The van der Waals surface area contributed by atoms with E-state index >= 15 is 0 Å². The van der Waals surface area contributed by atoms with Crippen molar-refractivity contribution in [2.75, 3.05) is 5.73 Å². The van der Waals surface area contributed by atoms with Gasteiger partial charge in [-0.2, -0.15) is 0 Å². The number of nitrogens with two attached hydrogens (primary N) is 1. The number of benzene rings is 2. The van der Waals surface area contributed by atoms with E-state index in [1.165, 1.54) is 12.1 Å². The highest BCUT2D eigenvalue weighted by Crippen LogP contribution is 2.19. The fourth-order valence-electron chi connectivity index (χ4n) is 1.70. The lowest BCUT2D eigenvalue weighted by Gasteiger charge is -2.05. The SMILES string of the molecule is Cc1cc(Cl)cc(C(=O)c2ccc(N)c(F)c2)c1. The van der Waals surface area contributed by atoms with E-state index in [0.717, 1.165) is 11.6 Å². The maximum absolute atomic E-state index is 13.3. The van der Waals surface area contributed by atoms with Gasteiger partial charge < -0.3 is 5.73 Å². The number of rotatable bonds is 2. The Labute approximate surface area is 109 Å². The summed E-state index contributed by atoms with van der Waals surface area (Å²) < 4.78 is 13.3. The van der Waals surface area contributed by atoms with E-state index in [1.807, 2.05) is 6.92 Å². The number of aryl methyl sites for hydroxylation is 1. The lowest BCUT2D eigenvalue weighted by Crippen LogP contribution is -2.03. The van der Waals surface area contributed by atoms with Crippen molar-refractivity contribution in [3.8, 4) is 0 Å². The summed E-state index contributed by atoms with van der Waals surface area (Å²) in [5.41, 5.74) is 6.95. The Hall–Kier alpha value is -1.87. The molecule has 0 aliphatic rings. The molecule has 92 valence electrons. The number of hydrogen-bond acceptors (Lipinski definition) is 2. The van der Waals surface area contributed by atoms with Gasteiger partial charge >= 0.3 is 0 Å². The number of ketones is 1. The maximum atomic E-state index is 13.3. The van der Waals surface area contributed by atoms with E-state index in [2.05, 4.69) is 0 Å². The molecule has 0 amide bonds. The average molecular weight is 264 g/mol. The zero-order valence-electron chi connectivity index (χ0n) is 9.71. The Kier molecular flexibility index (Phi) is 3.34. The molecule has 2 nitrogen and oxygen atoms in total. The highest BCUT2D eigenvalue weighted by atomic mass is 35.5. The molecular formula is C14H11ClFNO. The number of carbonyl (C=O) groups is 1. The second-order valence-electron chi connectivity index (χ2n) is 4.08. The molecular weight excluding hydrogens is 253 g/mol. The van der Waals surface area contributed by atoms with Gasteiger partial charge in [0.1, 0.15) is 5.82 Å². The minimum atomic E-state index is -0.598. The second-order valence-corrected chi connectivity index (χ2v) is 4.52. The first-order valence-electron chi connectivity index (χ1n) is 5.34. The standard InChI is InChI=1S/C14H11ClFNO/c1-8-4-10(6-11(15)5-8)14(18)9-2-3-13(17)12(16)7-9/h2-7H,17H2,1H3. The molecule has 0 saturated heterocycles. The van der Waals surface area contributed by atoms with E-state index in [-0.39, 0.29) is 17.0 Å². The Morgan fingerprint density at radius 2 is 1.89 bits per heavy atom. The fraction of sp³-hybridized carbons (Fsp3) is 0.0714. The van der Waals surface area contributed by atoms with Crippen LogP contribution in [0.3, 0.4) is 0 Å². The van der Waals surface area contributed by atoms with Gasteiger partial charge in [-0.3, -0.25) is 4.79 Å². The Morgan fingerprint density at radius 3 is 2.50 bits per heavy atom. The molecule has 0 spiro atoms. The highest BCUT2D eigenvalue weighted by molar-refractivity contribution is 6.31. The van der Waals surface area contributed by atoms with Crippen molar-refractivity contribution in [2.24, 2.45) is 0 Å². The highest BCUT2D eigenvalue weighted by Gasteiger charge is 2.12. The molecule has 0 unspecified atom stereocenters. The average Bonchev–Trinajstić information content (AvgIpc) is 2.30. The van der Waals surface area contributed by atoms with Gasteiger partial charge in [0, 0.05) is 16.1 Å². The van der Waals surface area contributed by atoms with Crippen LogP contribution in [0.1, 0.15) is 21.5 Å². The topological polar surface area (TPSA) is 43.1 Å². The van der Waals surface area contributed by atoms with Gasteiger partial charge in [0.15, 0.2) is 5.78 Å². The molecule has 2 aromatic rings. The van der Waals surface area contributed by atoms with Crippen molar-refractivity contribution in [3.63, 3.8) is 0 Å². The van der Waals surface area contributed by atoms with Gasteiger partial charge in [0.05, 0.1) is 5.69 Å². The molecule has 2 aromatic carbocycles. The Bertz CT molecular complexity index is 605. The molecule has 0 bridgehead atoms. The summed E-state index contributed by atoms with van der Waals surface area (Å²) in [5, 5.41) is 0.481. The van der Waals surface area contributed by atoms with Gasteiger partial charge in [-0.1, -0.05) is 11.6 Å². The molecule has 2 rings (SSSR count). The Morgan fingerprint density at radius 1 is 1.17 bits per heavy atom. The molecule has 18 heavy (non-hydrogen) atoms. The molecule has 0 aromatic heterocycles. The van der Waals surface area contributed by atoms with Gasteiger partial charge in [0.25, 0.3) is 0 Å². The smallest absolute Gasteiger partial charge is 0.193 e. The van der Waals surface area contributed by atoms with Crippen LogP contribution in [-0.2, 0) is 0 Å². The van der Waals surface area contributed by atoms with Gasteiger partial charge in [-0.25, -0.2) is 4.39 Å². The molecule has 0 radical (unpaired) electrons. The summed E-state index contributed by atoms with van der Waals surface area (Å²) in [5.74, 6) is -0.876. The van der Waals surface area contributed by atoms with E-state index < -0.39 is 5.82 Å². The first kappa shape index (κ1) is 12.6. The number of nitrogen functional groups attached to an aromatic ring is 1. The predicted molar refractivity (Wildman–Crippen MR) is 70.4 cm³/mol. The lowest BCUT2D eigenvalue weighted by molar-refractivity contribution is 0.103. The quantitative estimate of drug-likeness (QED) is 0.664. The molecule has 0 heterocycles. The first-order chi connectivity index (χ1) is 8.47. The molecule has 0 atom stereocenters. The second kappa shape index (κ2) is 4.78. The van der Waals surface area contributed by atoms with Gasteiger partial charge in [-0.15, -0.1) is 0 Å². The molecule has 0 aliphatic heterocycles. The van der Waals surface area contributed by atoms with E-state index in [9.17, 15) is 9.18 Å². The third-order valence-electron chi connectivity index (χ3n) is 2.57. The van der Waals surface area contributed by atoms with Gasteiger partial charge in [-0.05, 0) is 48.9 Å². The summed E-state index contributed by atoms with van der Waals surface area (Å²) in [6, 6.07) is 9.03. The summed E-state index contributed by atoms with van der Waals surface area (Å²) in [4.78, 5) is 12.1. The number of carbonyl (C=O) groups excluding carboxylic acids is 1. The predicted octanol–water partition coefficient (Wildman–Crippen LogP) is 3.60. The van der Waals surface area contributed by atoms with Crippen molar-refractivity contribution in [1.82, 2.24) is 0 Å². The molecule has 0 fully saturated rings. The maximum Gasteiger partial charge on any atom is 0.193 e. The lowest BCUT2D eigenvalue weighted by atomic mass is 10.0. The minimum absolute atomic E-state index is 0.0221. The monoisotopic (exact) mass is 263 g/mol. The van der Waals surface area contributed by atoms with E-state index in [1.54, 1.807) is 18.2 Å². The fourth-order valence-corrected chi connectivity index (χ4v) is 1.99. The van der Waals surface area contributed by atoms with Crippen LogP contribution in [0.2, 0.25) is 5.02 Å². The third-order valence-corrected chi connectivity index (χ3v) is 2.79. The van der Waals surface area contributed by atoms with Crippen LogP contribution in [-0.4, -0.2) is 5.78 Å². The van der Waals surface area contributed by atoms with Crippen LogP contribution in [0.4, 0.5) is 10.1 Å². The summed E-state index contributed by atoms with van der Waals surface area (Å²) >= 11 is 5.89. The largest absolute Gasteiger partial charge is 0.396 e. The normalized spacial score (nSPS) is 10.4. The van der Waals surface area contributed by atoms with E-state index in [0.29, 0.717) is 10.6 Å². The van der Waals surface area contributed by atoms with Crippen LogP contribution < -0.4 is 5.73 Å². The van der Waals surface area contributed by atoms with Crippen molar-refractivity contribution in [1.29, 1.82) is 0 Å². The Balaban J connectivity index is 2.44. The summed E-state index contributed by atoms with van der Waals surface area (Å²) in [6.45, 7) is 1.84. The van der Waals surface area contributed by atoms with Crippen LogP contribution in [0.15, 0.2) is 36.4 Å². The first-order valence-corrected chi connectivity index (χ1v) is 5.72. The van der Waals surface area contributed by atoms with Gasteiger partial charge in [0.2, 0.25) is 0 Å². The molecule has 4 heteroatoms. The summed E-state index contributed by atoms with van der Waals surface area (Å²) in [7, 11) is 0. The zero-order valence-corrected chi connectivity index (χ0v) is 10.5. The third kappa shape index (κ3) is 2.51. The minimum Gasteiger partial charge on any atom is -0.396 e. The zero-order chi connectivity index (χ0) is 13.3. The van der Waals surface area contributed by atoms with Crippen molar-refractivity contribution in [3.05, 3.63) is 63.9 Å². The van der Waals surface area contributed by atoms with Crippen molar-refractivity contribution >= 4 is 23.1 Å². The van der Waals surface area contributed by atoms with Crippen LogP contribution in [0.5, 0.6) is 0 Å². The van der Waals surface area contributed by atoms with Crippen LogP contribution in [0.25, 0.3) is 0 Å². The van der Waals surface area contributed by atoms with Crippen molar-refractivity contribution < 1.29 is 9.18 Å². The molecule has 0 aliphatic carbocycles.